The maximum Gasteiger partial charge on any atom is 0.232 e. The fourth-order valence-electron chi connectivity index (χ4n) is 0.988. The van der Waals surface area contributed by atoms with E-state index in [0.717, 1.165) is 6.07 Å². The van der Waals surface area contributed by atoms with Crippen LogP contribution >= 0.6 is 11.6 Å². The van der Waals surface area contributed by atoms with Crippen LogP contribution in [-0.2, 0) is 4.79 Å². The summed E-state index contributed by atoms with van der Waals surface area (Å²) in [5, 5.41) is 13.4. The number of benzene rings is 1. The highest BCUT2D eigenvalue weighted by Gasteiger charge is 2.08. The van der Waals surface area contributed by atoms with Crippen molar-refractivity contribution in [3.63, 3.8) is 0 Å². The van der Waals surface area contributed by atoms with E-state index in [2.05, 4.69) is 10.5 Å². The van der Waals surface area contributed by atoms with E-state index >= 15 is 0 Å². The standard InChI is InChI=1S/C9H9ClFN3O2/c10-6-2-1-5(11)3-7(6)13-9(15)4-8(12)14-16/h1-3,16H,4H2,(H2,12,14)(H,13,15). The molecule has 0 aromatic heterocycles. The van der Waals surface area contributed by atoms with Gasteiger partial charge in [0.1, 0.15) is 11.7 Å². The molecule has 0 aliphatic carbocycles. The number of carbonyl (C=O) groups excluding carboxylic acids is 1. The van der Waals surface area contributed by atoms with Gasteiger partial charge in [-0.05, 0) is 18.2 Å². The van der Waals surface area contributed by atoms with Crippen LogP contribution in [0.5, 0.6) is 0 Å². The third kappa shape index (κ3) is 3.39. The molecule has 0 heterocycles. The lowest BCUT2D eigenvalue weighted by Gasteiger charge is -2.06. The maximum absolute atomic E-state index is 12.8. The number of halogens is 2. The molecule has 16 heavy (non-hydrogen) atoms. The van der Waals surface area contributed by atoms with Gasteiger partial charge in [0, 0.05) is 0 Å². The molecule has 0 saturated heterocycles. The zero-order valence-electron chi connectivity index (χ0n) is 8.08. The molecule has 1 aromatic carbocycles. The number of nitrogens with one attached hydrogen (secondary N) is 1. The van der Waals surface area contributed by atoms with Crippen LogP contribution in [0.25, 0.3) is 0 Å². The van der Waals surface area contributed by atoms with Crippen molar-refractivity contribution in [1.82, 2.24) is 0 Å². The van der Waals surface area contributed by atoms with Crippen molar-refractivity contribution in [2.24, 2.45) is 10.9 Å². The summed E-state index contributed by atoms with van der Waals surface area (Å²) in [7, 11) is 0. The number of oxime groups is 1. The second kappa shape index (κ2) is 5.32. The number of hydrogen-bond acceptors (Lipinski definition) is 3. The summed E-state index contributed by atoms with van der Waals surface area (Å²) in [5.74, 6) is -1.32. The molecule has 0 bridgehead atoms. The van der Waals surface area contributed by atoms with Gasteiger partial charge in [-0.15, -0.1) is 0 Å². The van der Waals surface area contributed by atoms with E-state index in [-0.39, 0.29) is 23.0 Å². The van der Waals surface area contributed by atoms with E-state index in [0.29, 0.717) is 0 Å². The largest absolute Gasteiger partial charge is 0.409 e. The fraction of sp³-hybridized carbons (Fsp3) is 0.111. The molecule has 1 amide bonds. The van der Waals surface area contributed by atoms with Gasteiger partial charge in [-0.1, -0.05) is 16.8 Å². The summed E-state index contributed by atoms with van der Waals surface area (Å²) in [6.07, 6.45) is -0.302. The predicted octanol–water partition coefficient (Wildman–Crippen LogP) is 1.55. The van der Waals surface area contributed by atoms with Crippen LogP contribution in [0.1, 0.15) is 6.42 Å². The van der Waals surface area contributed by atoms with Crippen LogP contribution in [-0.4, -0.2) is 17.0 Å². The van der Waals surface area contributed by atoms with Gasteiger partial charge in [0.25, 0.3) is 0 Å². The molecule has 0 aliphatic rings. The molecule has 0 aliphatic heterocycles. The number of rotatable bonds is 3. The Hall–Kier alpha value is -1.82. The van der Waals surface area contributed by atoms with Crippen LogP contribution in [0, 0.1) is 5.82 Å². The first kappa shape index (κ1) is 12.3. The first-order chi connectivity index (χ1) is 7.52. The maximum atomic E-state index is 12.8. The van der Waals surface area contributed by atoms with Crippen molar-refractivity contribution in [1.29, 1.82) is 0 Å². The third-order valence-corrected chi connectivity index (χ3v) is 2.00. The molecule has 0 saturated carbocycles. The highest BCUT2D eigenvalue weighted by atomic mass is 35.5. The van der Waals surface area contributed by atoms with Crippen molar-refractivity contribution in [3.8, 4) is 0 Å². The predicted molar refractivity (Wildman–Crippen MR) is 58.1 cm³/mol. The lowest BCUT2D eigenvalue weighted by atomic mass is 10.3. The summed E-state index contributed by atoms with van der Waals surface area (Å²) in [4.78, 5) is 11.3. The number of amidine groups is 1. The smallest absolute Gasteiger partial charge is 0.232 e. The minimum absolute atomic E-state index is 0.136. The Labute approximate surface area is 95.7 Å². The second-order valence-electron chi connectivity index (χ2n) is 2.94. The molecule has 0 atom stereocenters. The minimum Gasteiger partial charge on any atom is -0.409 e. The molecule has 86 valence electrons. The lowest BCUT2D eigenvalue weighted by molar-refractivity contribution is -0.115. The fourth-order valence-corrected chi connectivity index (χ4v) is 1.15. The van der Waals surface area contributed by atoms with Crippen molar-refractivity contribution in [2.45, 2.75) is 6.42 Å². The van der Waals surface area contributed by atoms with Gasteiger partial charge in [-0.25, -0.2) is 4.39 Å². The molecule has 4 N–H and O–H groups in total. The summed E-state index contributed by atoms with van der Waals surface area (Å²) in [5.41, 5.74) is 5.26. The van der Waals surface area contributed by atoms with Crippen molar-refractivity contribution >= 4 is 29.0 Å². The summed E-state index contributed by atoms with van der Waals surface area (Å²) in [6.45, 7) is 0. The Kier molecular flexibility index (Phi) is 4.07. The molecule has 0 unspecified atom stereocenters. The monoisotopic (exact) mass is 245 g/mol. The van der Waals surface area contributed by atoms with Gasteiger partial charge in [0.15, 0.2) is 0 Å². The molecular formula is C9H9ClFN3O2. The van der Waals surface area contributed by atoms with Crippen LogP contribution < -0.4 is 11.1 Å². The Morgan fingerprint density at radius 2 is 2.31 bits per heavy atom. The number of amides is 1. The van der Waals surface area contributed by atoms with Crippen LogP contribution in [0.3, 0.4) is 0 Å². The number of anilines is 1. The molecule has 0 spiro atoms. The molecule has 0 radical (unpaired) electrons. The summed E-state index contributed by atoms with van der Waals surface area (Å²) >= 11 is 5.72. The summed E-state index contributed by atoms with van der Waals surface area (Å²) < 4.78 is 12.8. The minimum atomic E-state index is -0.553. The summed E-state index contributed by atoms with van der Waals surface area (Å²) in [6, 6.07) is 3.56. The number of carbonyl (C=O) groups is 1. The number of nitrogens with two attached hydrogens (primary N) is 1. The first-order valence-corrected chi connectivity index (χ1v) is 4.62. The normalized spacial score (nSPS) is 11.2. The van der Waals surface area contributed by atoms with Gasteiger partial charge >= 0.3 is 0 Å². The van der Waals surface area contributed by atoms with Gasteiger partial charge in [-0.2, -0.15) is 0 Å². The van der Waals surface area contributed by atoms with Crippen molar-refractivity contribution in [2.75, 3.05) is 5.32 Å². The molecule has 7 heteroatoms. The van der Waals surface area contributed by atoms with Gasteiger partial charge in [0.2, 0.25) is 5.91 Å². The Bertz CT molecular complexity index is 437. The Morgan fingerprint density at radius 1 is 1.62 bits per heavy atom. The van der Waals surface area contributed by atoms with E-state index in [9.17, 15) is 9.18 Å². The number of nitrogens with zero attached hydrogens (tertiary/aromatic N) is 1. The van der Waals surface area contributed by atoms with E-state index in [1.54, 1.807) is 0 Å². The molecule has 5 nitrogen and oxygen atoms in total. The van der Waals surface area contributed by atoms with Gasteiger partial charge in [0.05, 0.1) is 17.1 Å². The SMILES string of the molecule is N/C(CC(=O)Nc1cc(F)ccc1Cl)=N/O. The second-order valence-corrected chi connectivity index (χ2v) is 3.35. The average Bonchev–Trinajstić information content (AvgIpc) is 2.23. The Balaban J connectivity index is 2.73. The van der Waals surface area contributed by atoms with Crippen LogP contribution in [0.2, 0.25) is 5.02 Å². The van der Waals surface area contributed by atoms with E-state index in [1.165, 1.54) is 12.1 Å². The zero-order valence-corrected chi connectivity index (χ0v) is 8.83. The number of hydrogen-bond donors (Lipinski definition) is 3. The van der Waals surface area contributed by atoms with Crippen molar-refractivity contribution in [3.05, 3.63) is 29.0 Å². The van der Waals surface area contributed by atoms with Crippen LogP contribution in [0.4, 0.5) is 10.1 Å². The lowest BCUT2D eigenvalue weighted by Crippen LogP contribution is -2.22. The highest BCUT2D eigenvalue weighted by Crippen LogP contribution is 2.22. The van der Waals surface area contributed by atoms with Gasteiger partial charge < -0.3 is 16.3 Å². The van der Waals surface area contributed by atoms with E-state index < -0.39 is 11.7 Å². The van der Waals surface area contributed by atoms with Crippen LogP contribution in [0.15, 0.2) is 23.4 Å². The average molecular weight is 246 g/mol. The van der Waals surface area contributed by atoms with Crippen molar-refractivity contribution < 1.29 is 14.4 Å². The van der Waals surface area contributed by atoms with Gasteiger partial charge in [-0.3, -0.25) is 4.79 Å². The molecule has 0 fully saturated rings. The Morgan fingerprint density at radius 3 is 2.94 bits per heavy atom. The molecule has 1 aromatic rings. The topological polar surface area (TPSA) is 87.7 Å². The first-order valence-electron chi connectivity index (χ1n) is 4.24. The highest BCUT2D eigenvalue weighted by molar-refractivity contribution is 6.33. The van der Waals surface area contributed by atoms with E-state index in [4.69, 9.17) is 22.5 Å². The third-order valence-electron chi connectivity index (χ3n) is 1.67. The zero-order chi connectivity index (χ0) is 12.1. The molecular weight excluding hydrogens is 237 g/mol. The van der Waals surface area contributed by atoms with E-state index in [1.807, 2.05) is 0 Å². The molecule has 1 rings (SSSR count). The quantitative estimate of drug-likeness (QED) is 0.327.